The van der Waals surface area contributed by atoms with Crippen LogP contribution in [0.25, 0.3) is 0 Å². The van der Waals surface area contributed by atoms with Crippen LogP contribution in [-0.2, 0) is 4.84 Å². The van der Waals surface area contributed by atoms with Gasteiger partial charge >= 0.3 is 0 Å². The molecule has 17 heavy (non-hydrogen) atoms. The minimum Gasteiger partial charge on any atom is -0.497 e. The predicted molar refractivity (Wildman–Crippen MR) is 66.4 cm³/mol. The summed E-state index contributed by atoms with van der Waals surface area (Å²) in [6.45, 7) is 0. The first-order chi connectivity index (χ1) is 8.38. The molecule has 1 aliphatic carbocycles. The highest BCUT2D eigenvalue weighted by Crippen LogP contribution is 2.34. The largest absolute Gasteiger partial charge is 0.497 e. The standard InChI is InChI=1S/C14H17NO2/c1-16-11-8-6-10(7-9-11)14-12-4-2-3-5-13(12)17-15-14/h6-9,12-13H,2-5H2,1H3/t12-,13+/m1/s1. The van der Waals surface area contributed by atoms with E-state index >= 15 is 0 Å². The van der Waals surface area contributed by atoms with Crippen molar-refractivity contribution in [3.63, 3.8) is 0 Å². The minimum atomic E-state index is 0.320. The van der Waals surface area contributed by atoms with E-state index in [0.29, 0.717) is 12.0 Å². The maximum absolute atomic E-state index is 5.54. The van der Waals surface area contributed by atoms with Crippen LogP contribution in [-0.4, -0.2) is 18.9 Å². The number of rotatable bonds is 2. The van der Waals surface area contributed by atoms with Crippen molar-refractivity contribution in [2.24, 2.45) is 11.1 Å². The molecule has 3 nitrogen and oxygen atoms in total. The molecule has 2 atom stereocenters. The molecular formula is C14H17NO2. The van der Waals surface area contributed by atoms with E-state index in [1.165, 1.54) is 24.8 Å². The average Bonchev–Trinajstić information content (AvgIpc) is 2.83. The topological polar surface area (TPSA) is 30.8 Å². The molecule has 2 aliphatic rings. The molecule has 0 N–H and O–H groups in total. The number of ether oxygens (including phenoxy) is 1. The molecule has 0 radical (unpaired) electrons. The summed E-state index contributed by atoms with van der Waals surface area (Å²) in [6, 6.07) is 8.10. The van der Waals surface area contributed by atoms with E-state index in [4.69, 9.17) is 9.57 Å². The summed E-state index contributed by atoms with van der Waals surface area (Å²) in [6.07, 6.45) is 5.23. The van der Waals surface area contributed by atoms with Gasteiger partial charge in [-0.1, -0.05) is 11.6 Å². The zero-order valence-corrected chi connectivity index (χ0v) is 10.1. The second kappa shape index (κ2) is 4.40. The van der Waals surface area contributed by atoms with Crippen LogP contribution in [0.1, 0.15) is 31.2 Å². The van der Waals surface area contributed by atoms with E-state index in [1.807, 2.05) is 12.1 Å². The van der Waals surface area contributed by atoms with Gasteiger partial charge < -0.3 is 9.57 Å². The van der Waals surface area contributed by atoms with Gasteiger partial charge in [0.25, 0.3) is 0 Å². The van der Waals surface area contributed by atoms with Gasteiger partial charge in [-0.25, -0.2) is 0 Å². The molecule has 0 unspecified atom stereocenters. The van der Waals surface area contributed by atoms with Crippen molar-refractivity contribution in [3.05, 3.63) is 29.8 Å². The number of hydrogen-bond acceptors (Lipinski definition) is 3. The fraction of sp³-hybridized carbons (Fsp3) is 0.500. The molecule has 1 heterocycles. The Bertz CT molecular complexity index is 424. The summed E-state index contributed by atoms with van der Waals surface area (Å²) < 4.78 is 5.17. The summed E-state index contributed by atoms with van der Waals surface area (Å²) in [7, 11) is 1.68. The van der Waals surface area contributed by atoms with Crippen molar-refractivity contribution in [2.45, 2.75) is 31.8 Å². The first-order valence-corrected chi connectivity index (χ1v) is 6.26. The Morgan fingerprint density at radius 2 is 1.94 bits per heavy atom. The Balaban J connectivity index is 1.83. The van der Waals surface area contributed by atoms with Gasteiger partial charge in [0.15, 0.2) is 0 Å². The minimum absolute atomic E-state index is 0.320. The first kappa shape index (κ1) is 10.6. The third kappa shape index (κ3) is 1.90. The quantitative estimate of drug-likeness (QED) is 0.783. The maximum atomic E-state index is 5.54. The molecule has 0 saturated heterocycles. The zero-order valence-electron chi connectivity index (χ0n) is 10.1. The second-order valence-electron chi connectivity index (χ2n) is 4.74. The van der Waals surface area contributed by atoms with Gasteiger partial charge in [0.2, 0.25) is 0 Å². The van der Waals surface area contributed by atoms with Crippen LogP contribution in [0, 0.1) is 5.92 Å². The zero-order chi connectivity index (χ0) is 11.7. The van der Waals surface area contributed by atoms with Gasteiger partial charge in [0.05, 0.1) is 12.8 Å². The van der Waals surface area contributed by atoms with Crippen LogP contribution < -0.4 is 4.74 Å². The molecule has 3 rings (SSSR count). The monoisotopic (exact) mass is 231 g/mol. The summed E-state index contributed by atoms with van der Waals surface area (Å²) in [4.78, 5) is 5.54. The van der Waals surface area contributed by atoms with Crippen molar-refractivity contribution in [1.29, 1.82) is 0 Å². The molecule has 90 valence electrons. The summed E-state index contributed by atoms with van der Waals surface area (Å²) in [5, 5.41) is 4.28. The van der Waals surface area contributed by atoms with Crippen molar-refractivity contribution in [2.75, 3.05) is 7.11 Å². The first-order valence-electron chi connectivity index (χ1n) is 6.26. The van der Waals surface area contributed by atoms with Crippen LogP contribution in [0.4, 0.5) is 0 Å². The number of hydrogen-bond donors (Lipinski definition) is 0. The predicted octanol–water partition coefficient (Wildman–Crippen LogP) is 2.99. The molecule has 1 saturated carbocycles. The number of benzene rings is 1. The average molecular weight is 231 g/mol. The third-order valence-electron chi connectivity index (χ3n) is 3.73. The lowest BCUT2D eigenvalue weighted by molar-refractivity contribution is 0.0397. The molecule has 0 aromatic heterocycles. The second-order valence-corrected chi connectivity index (χ2v) is 4.74. The number of fused-ring (bicyclic) bond motifs is 1. The Hall–Kier alpha value is -1.51. The van der Waals surface area contributed by atoms with Crippen LogP contribution in [0.5, 0.6) is 5.75 Å². The lowest BCUT2D eigenvalue weighted by Crippen LogP contribution is -2.27. The van der Waals surface area contributed by atoms with E-state index in [-0.39, 0.29) is 0 Å². The molecule has 0 bridgehead atoms. The third-order valence-corrected chi connectivity index (χ3v) is 3.73. The van der Waals surface area contributed by atoms with E-state index in [1.54, 1.807) is 7.11 Å². The van der Waals surface area contributed by atoms with Gasteiger partial charge in [0, 0.05) is 5.92 Å². The molecule has 1 fully saturated rings. The Labute approximate surface area is 101 Å². The van der Waals surface area contributed by atoms with Crippen molar-refractivity contribution < 1.29 is 9.57 Å². The van der Waals surface area contributed by atoms with Crippen molar-refractivity contribution in [3.8, 4) is 5.75 Å². The molecule has 0 amide bonds. The Morgan fingerprint density at radius 3 is 2.71 bits per heavy atom. The van der Waals surface area contributed by atoms with Crippen LogP contribution in [0.2, 0.25) is 0 Å². The molecular weight excluding hydrogens is 214 g/mol. The van der Waals surface area contributed by atoms with E-state index in [0.717, 1.165) is 17.9 Å². The lowest BCUT2D eigenvalue weighted by atomic mass is 9.82. The van der Waals surface area contributed by atoms with E-state index in [9.17, 15) is 0 Å². The fourth-order valence-electron chi connectivity index (χ4n) is 2.76. The molecule has 0 spiro atoms. The van der Waals surface area contributed by atoms with Crippen molar-refractivity contribution >= 4 is 5.71 Å². The smallest absolute Gasteiger partial charge is 0.136 e. The molecule has 1 aliphatic heterocycles. The lowest BCUT2D eigenvalue weighted by Gasteiger charge is -2.23. The van der Waals surface area contributed by atoms with Gasteiger partial charge in [-0.15, -0.1) is 0 Å². The van der Waals surface area contributed by atoms with Gasteiger partial charge in [0.1, 0.15) is 11.9 Å². The molecule has 3 heteroatoms. The summed E-state index contributed by atoms with van der Waals surface area (Å²) in [5.41, 5.74) is 2.29. The van der Waals surface area contributed by atoms with Gasteiger partial charge in [-0.3, -0.25) is 0 Å². The molecule has 1 aromatic carbocycles. The number of oxime groups is 1. The van der Waals surface area contributed by atoms with Crippen LogP contribution >= 0.6 is 0 Å². The highest BCUT2D eigenvalue weighted by molar-refractivity contribution is 6.03. The Kier molecular flexibility index (Phi) is 2.75. The van der Waals surface area contributed by atoms with Gasteiger partial charge in [-0.05, 0) is 49.1 Å². The Morgan fingerprint density at radius 1 is 1.18 bits per heavy atom. The van der Waals surface area contributed by atoms with Crippen LogP contribution in [0.15, 0.2) is 29.4 Å². The molecule has 1 aromatic rings. The summed E-state index contributed by atoms with van der Waals surface area (Å²) >= 11 is 0. The van der Waals surface area contributed by atoms with Crippen LogP contribution in [0.3, 0.4) is 0 Å². The summed E-state index contributed by atoms with van der Waals surface area (Å²) in [5.74, 6) is 1.38. The van der Waals surface area contributed by atoms with E-state index in [2.05, 4.69) is 17.3 Å². The highest BCUT2D eigenvalue weighted by Gasteiger charge is 2.36. The highest BCUT2D eigenvalue weighted by atomic mass is 16.6. The van der Waals surface area contributed by atoms with Crippen molar-refractivity contribution in [1.82, 2.24) is 0 Å². The van der Waals surface area contributed by atoms with E-state index < -0.39 is 0 Å². The normalized spacial score (nSPS) is 27.0. The van der Waals surface area contributed by atoms with Gasteiger partial charge in [-0.2, -0.15) is 0 Å². The number of methoxy groups -OCH3 is 1. The SMILES string of the molecule is COc1ccc(C2=NO[C@H]3CCCC[C@@H]23)cc1. The fourth-order valence-corrected chi connectivity index (χ4v) is 2.76. The maximum Gasteiger partial charge on any atom is 0.136 e. The number of nitrogens with zero attached hydrogens (tertiary/aromatic N) is 1.